The van der Waals surface area contributed by atoms with Crippen LogP contribution in [0.5, 0.6) is 5.75 Å². The molecule has 2 atom stereocenters. The van der Waals surface area contributed by atoms with E-state index in [0.717, 1.165) is 12.1 Å². The van der Waals surface area contributed by atoms with E-state index < -0.39 is 0 Å². The predicted molar refractivity (Wildman–Crippen MR) is 52.7 cm³/mol. The molecule has 0 spiro atoms. The second-order valence-electron chi connectivity index (χ2n) is 3.88. The maximum absolute atomic E-state index is 9.50. The van der Waals surface area contributed by atoms with Crippen molar-refractivity contribution in [3.8, 4) is 5.75 Å². The maximum atomic E-state index is 9.50. The second-order valence-corrected chi connectivity index (χ2v) is 3.88. The Labute approximate surface area is 78.4 Å². The Morgan fingerprint density at radius 1 is 1.54 bits per heavy atom. The van der Waals surface area contributed by atoms with E-state index in [9.17, 15) is 5.11 Å². The van der Waals surface area contributed by atoms with E-state index in [0.29, 0.717) is 17.6 Å². The summed E-state index contributed by atoms with van der Waals surface area (Å²) < 4.78 is 0. The molecule has 1 aromatic carbocycles. The maximum Gasteiger partial charge on any atom is 0.118 e. The smallest absolute Gasteiger partial charge is 0.118 e. The van der Waals surface area contributed by atoms with Crippen LogP contribution in [0.25, 0.3) is 0 Å². The van der Waals surface area contributed by atoms with Gasteiger partial charge in [-0.05, 0) is 48.9 Å². The van der Waals surface area contributed by atoms with Gasteiger partial charge in [-0.15, -0.1) is 0 Å². The first-order chi connectivity index (χ1) is 6.22. The molecule has 2 heteroatoms. The van der Waals surface area contributed by atoms with Crippen molar-refractivity contribution in [1.29, 1.82) is 0 Å². The first-order valence-electron chi connectivity index (χ1n) is 4.72. The molecule has 1 saturated carbocycles. The molecule has 1 aliphatic rings. The van der Waals surface area contributed by atoms with Crippen LogP contribution in [-0.2, 0) is 0 Å². The van der Waals surface area contributed by atoms with E-state index in [1.165, 1.54) is 12.0 Å². The number of hydrogen-bond donors (Lipinski definition) is 2. The average molecular weight is 177 g/mol. The van der Waals surface area contributed by atoms with Gasteiger partial charge in [-0.3, -0.25) is 0 Å². The van der Waals surface area contributed by atoms with Crippen LogP contribution in [0, 0.1) is 12.8 Å². The fourth-order valence-corrected chi connectivity index (χ4v) is 1.77. The fourth-order valence-electron chi connectivity index (χ4n) is 1.77. The molecular formula is C11H15NO. The van der Waals surface area contributed by atoms with Crippen LogP contribution in [0.3, 0.4) is 0 Å². The number of phenols is 1. The first kappa shape index (κ1) is 8.57. The van der Waals surface area contributed by atoms with E-state index in [1.54, 1.807) is 0 Å². The highest BCUT2D eigenvalue weighted by molar-refractivity contribution is 5.38. The van der Waals surface area contributed by atoms with Crippen LogP contribution in [0.2, 0.25) is 0 Å². The van der Waals surface area contributed by atoms with Gasteiger partial charge in [0.25, 0.3) is 0 Å². The highest BCUT2D eigenvalue weighted by atomic mass is 16.3. The quantitative estimate of drug-likeness (QED) is 0.723. The molecule has 0 radical (unpaired) electrons. The lowest BCUT2D eigenvalue weighted by Crippen LogP contribution is -2.01. The van der Waals surface area contributed by atoms with Crippen molar-refractivity contribution in [3.63, 3.8) is 0 Å². The molecule has 0 saturated heterocycles. The zero-order valence-corrected chi connectivity index (χ0v) is 7.83. The number of nitrogens with two attached hydrogens (primary N) is 1. The first-order valence-corrected chi connectivity index (χ1v) is 4.72. The van der Waals surface area contributed by atoms with Gasteiger partial charge in [0.15, 0.2) is 0 Å². The number of phenolic OH excluding ortho intramolecular Hbond substituents is 1. The van der Waals surface area contributed by atoms with Crippen molar-refractivity contribution in [2.24, 2.45) is 11.7 Å². The molecule has 2 unspecified atom stereocenters. The van der Waals surface area contributed by atoms with Crippen molar-refractivity contribution < 1.29 is 5.11 Å². The molecule has 0 heterocycles. The molecule has 2 rings (SSSR count). The lowest BCUT2D eigenvalue weighted by Gasteiger charge is -2.02. The third-order valence-electron chi connectivity index (χ3n) is 2.89. The molecule has 1 aliphatic carbocycles. The molecule has 1 aromatic rings. The number of benzene rings is 1. The molecule has 0 bridgehead atoms. The van der Waals surface area contributed by atoms with E-state index >= 15 is 0 Å². The molecule has 0 amide bonds. The van der Waals surface area contributed by atoms with Gasteiger partial charge in [0, 0.05) is 0 Å². The molecule has 3 N–H and O–H groups in total. The molecule has 13 heavy (non-hydrogen) atoms. The van der Waals surface area contributed by atoms with Gasteiger partial charge >= 0.3 is 0 Å². The lowest BCUT2D eigenvalue weighted by atomic mass is 10.1. The number of hydrogen-bond acceptors (Lipinski definition) is 2. The van der Waals surface area contributed by atoms with Gasteiger partial charge in [-0.25, -0.2) is 0 Å². The van der Waals surface area contributed by atoms with Crippen molar-refractivity contribution in [3.05, 3.63) is 29.3 Å². The van der Waals surface area contributed by atoms with Crippen LogP contribution < -0.4 is 5.73 Å². The molecule has 2 nitrogen and oxygen atoms in total. The fraction of sp³-hybridized carbons (Fsp3) is 0.455. The van der Waals surface area contributed by atoms with E-state index in [4.69, 9.17) is 5.73 Å². The van der Waals surface area contributed by atoms with Crippen molar-refractivity contribution >= 4 is 0 Å². The minimum Gasteiger partial charge on any atom is -0.508 e. The van der Waals surface area contributed by atoms with Crippen LogP contribution >= 0.6 is 0 Å². The Hall–Kier alpha value is -1.02. The van der Waals surface area contributed by atoms with E-state index in [2.05, 4.69) is 6.07 Å². The summed E-state index contributed by atoms with van der Waals surface area (Å²) in [5, 5.41) is 9.50. The van der Waals surface area contributed by atoms with E-state index in [1.807, 2.05) is 19.1 Å². The summed E-state index contributed by atoms with van der Waals surface area (Å²) in [5.41, 5.74) is 7.74. The van der Waals surface area contributed by atoms with Gasteiger partial charge in [0.2, 0.25) is 0 Å². The Morgan fingerprint density at radius 3 is 2.85 bits per heavy atom. The average Bonchev–Trinajstić information content (AvgIpc) is 2.88. The highest BCUT2D eigenvalue weighted by Gasteiger charge is 2.36. The SMILES string of the molecule is Cc1ccc(C2CC2CN)cc1O. The van der Waals surface area contributed by atoms with Gasteiger partial charge in [-0.1, -0.05) is 12.1 Å². The monoisotopic (exact) mass is 177 g/mol. The van der Waals surface area contributed by atoms with Crippen molar-refractivity contribution in [1.82, 2.24) is 0 Å². The number of aryl methyl sites for hydroxylation is 1. The number of rotatable bonds is 2. The third-order valence-corrected chi connectivity index (χ3v) is 2.89. The molecule has 0 aliphatic heterocycles. The van der Waals surface area contributed by atoms with Crippen LogP contribution in [0.1, 0.15) is 23.5 Å². The van der Waals surface area contributed by atoms with Crippen LogP contribution in [0.4, 0.5) is 0 Å². The van der Waals surface area contributed by atoms with Crippen LogP contribution in [-0.4, -0.2) is 11.7 Å². The summed E-state index contributed by atoms with van der Waals surface area (Å²) >= 11 is 0. The lowest BCUT2D eigenvalue weighted by molar-refractivity contribution is 0.470. The summed E-state index contributed by atoms with van der Waals surface area (Å²) in [6, 6.07) is 5.93. The molecule has 0 aromatic heterocycles. The Kier molecular flexibility index (Phi) is 2.00. The topological polar surface area (TPSA) is 46.2 Å². The highest BCUT2D eigenvalue weighted by Crippen LogP contribution is 2.47. The molecule has 70 valence electrons. The van der Waals surface area contributed by atoms with Crippen molar-refractivity contribution in [2.45, 2.75) is 19.3 Å². The summed E-state index contributed by atoms with van der Waals surface area (Å²) in [7, 11) is 0. The normalized spacial score (nSPS) is 26.0. The minimum atomic E-state index is 0.403. The summed E-state index contributed by atoms with van der Waals surface area (Å²) in [4.78, 5) is 0. The Morgan fingerprint density at radius 2 is 2.31 bits per heavy atom. The summed E-state index contributed by atoms with van der Waals surface area (Å²) in [6.45, 7) is 2.67. The summed E-state index contributed by atoms with van der Waals surface area (Å²) in [6.07, 6.45) is 1.18. The second kappa shape index (κ2) is 3.04. The zero-order chi connectivity index (χ0) is 9.42. The van der Waals surface area contributed by atoms with E-state index in [-0.39, 0.29) is 0 Å². The zero-order valence-electron chi connectivity index (χ0n) is 7.83. The Balaban J connectivity index is 2.19. The van der Waals surface area contributed by atoms with Gasteiger partial charge in [-0.2, -0.15) is 0 Å². The Bertz CT molecular complexity index is 322. The van der Waals surface area contributed by atoms with Crippen LogP contribution in [0.15, 0.2) is 18.2 Å². The van der Waals surface area contributed by atoms with Gasteiger partial charge in [0.05, 0.1) is 0 Å². The van der Waals surface area contributed by atoms with Gasteiger partial charge < -0.3 is 10.8 Å². The predicted octanol–water partition coefficient (Wildman–Crippen LogP) is 1.76. The number of aromatic hydroxyl groups is 1. The standard InChI is InChI=1S/C11H15NO/c1-7-2-3-8(5-11(7)13)10-4-9(10)6-12/h2-3,5,9-10,13H,4,6,12H2,1H3. The molecule has 1 fully saturated rings. The van der Waals surface area contributed by atoms with Crippen molar-refractivity contribution in [2.75, 3.05) is 6.54 Å². The minimum absolute atomic E-state index is 0.403. The molecular weight excluding hydrogens is 162 g/mol. The largest absolute Gasteiger partial charge is 0.508 e. The third kappa shape index (κ3) is 1.54. The summed E-state index contributed by atoms with van der Waals surface area (Å²) in [5.74, 6) is 1.64. The van der Waals surface area contributed by atoms with Gasteiger partial charge in [0.1, 0.15) is 5.75 Å².